The number of amides is 1. The number of sulfonamides is 1. The van der Waals surface area contributed by atoms with E-state index in [0.717, 1.165) is 6.07 Å². The minimum atomic E-state index is -3.70. The van der Waals surface area contributed by atoms with Crippen LogP contribution in [-0.4, -0.2) is 31.7 Å². The van der Waals surface area contributed by atoms with E-state index in [-0.39, 0.29) is 21.2 Å². The predicted molar refractivity (Wildman–Crippen MR) is 104 cm³/mol. The molecule has 0 heterocycles. The molecule has 2 aromatic carbocycles. The van der Waals surface area contributed by atoms with Crippen molar-refractivity contribution in [2.75, 3.05) is 18.4 Å². The Labute approximate surface area is 165 Å². The van der Waals surface area contributed by atoms with Crippen LogP contribution in [-0.2, 0) is 10.0 Å². The van der Waals surface area contributed by atoms with Gasteiger partial charge in [-0.3, -0.25) is 4.79 Å². The molecule has 0 fully saturated rings. The van der Waals surface area contributed by atoms with Gasteiger partial charge in [-0.05, 0) is 52.3 Å². The monoisotopic (exact) mass is 462 g/mol. The lowest BCUT2D eigenvalue weighted by molar-refractivity contribution is 0.102. The Bertz CT molecular complexity index is 934. The topological polar surface area (TPSA) is 66.5 Å². The quantitative estimate of drug-likeness (QED) is 0.685. The van der Waals surface area contributed by atoms with Crippen LogP contribution < -0.4 is 5.32 Å². The van der Waals surface area contributed by atoms with Crippen LogP contribution in [0.15, 0.2) is 45.8 Å². The second-order valence-electron chi connectivity index (χ2n) is 5.31. The molecule has 0 aromatic heterocycles. The number of rotatable bonds is 6. The number of carbonyl (C=O) groups excluding carboxylic acids is 1. The lowest BCUT2D eigenvalue weighted by Crippen LogP contribution is -2.30. The first-order valence-corrected chi connectivity index (χ1v) is 10.4. The second kappa shape index (κ2) is 8.47. The number of halogens is 3. The Hall–Kier alpha value is -1.48. The smallest absolute Gasteiger partial charge is 0.256 e. The van der Waals surface area contributed by atoms with Gasteiger partial charge in [0.05, 0.1) is 15.5 Å². The van der Waals surface area contributed by atoms with Crippen LogP contribution in [0.3, 0.4) is 0 Å². The van der Waals surface area contributed by atoms with Crippen LogP contribution >= 0.6 is 27.5 Å². The number of carbonyl (C=O) groups is 1. The molecule has 0 unspecified atom stereocenters. The first-order chi connectivity index (χ1) is 12.2. The minimum Gasteiger partial charge on any atom is -0.322 e. The van der Waals surface area contributed by atoms with Crippen molar-refractivity contribution >= 4 is 49.1 Å². The average molecular weight is 464 g/mol. The molecule has 0 saturated heterocycles. The lowest BCUT2D eigenvalue weighted by Gasteiger charge is -2.19. The molecule has 2 aromatic rings. The Balaban J connectivity index is 2.37. The molecule has 26 heavy (non-hydrogen) atoms. The normalized spacial score (nSPS) is 11.6. The van der Waals surface area contributed by atoms with E-state index in [9.17, 15) is 17.6 Å². The summed E-state index contributed by atoms with van der Waals surface area (Å²) in [5.74, 6) is -1.24. The molecule has 9 heteroatoms. The molecule has 1 amide bonds. The van der Waals surface area contributed by atoms with E-state index >= 15 is 0 Å². The van der Waals surface area contributed by atoms with Crippen molar-refractivity contribution in [3.63, 3.8) is 0 Å². The number of hydrogen-bond donors (Lipinski definition) is 1. The van der Waals surface area contributed by atoms with Crippen LogP contribution in [0.25, 0.3) is 0 Å². The molecule has 2 rings (SSSR count). The molecular weight excluding hydrogens is 447 g/mol. The van der Waals surface area contributed by atoms with Gasteiger partial charge in [0.1, 0.15) is 5.82 Å². The van der Waals surface area contributed by atoms with Crippen molar-refractivity contribution < 1.29 is 17.6 Å². The van der Waals surface area contributed by atoms with Gasteiger partial charge in [0.25, 0.3) is 5.91 Å². The minimum absolute atomic E-state index is 0.0110. The maximum Gasteiger partial charge on any atom is 0.256 e. The fourth-order valence-electron chi connectivity index (χ4n) is 2.32. The summed E-state index contributed by atoms with van der Waals surface area (Å²) in [6.07, 6.45) is 0. The van der Waals surface area contributed by atoms with E-state index in [1.807, 2.05) is 0 Å². The summed E-state index contributed by atoms with van der Waals surface area (Å²) in [5.41, 5.74) is 0.328. The van der Waals surface area contributed by atoms with E-state index in [1.165, 1.54) is 34.6 Å². The summed E-state index contributed by atoms with van der Waals surface area (Å²) in [4.78, 5) is 12.5. The molecule has 0 radical (unpaired) electrons. The van der Waals surface area contributed by atoms with Gasteiger partial charge < -0.3 is 5.32 Å². The van der Waals surface area contributed by atoms with Crippen molar-refractivity contribution in [3.8, 4) is 0 Å². The Morgan fingerprint density at radius 3 is 2.42 bits per heavy atom. The molecule has 0 spiro atoms. The maximum absolute atomic E-state index is 13.5. The van der Waals surface area contributed by atoms with Gasteiger partial charge in [-0.2, -0.15) is 4.31 Å². The first kappa shape index (κ1) is 20.8. The highest BCUT2D eigenvalue weighted by Gasteiger charge is 2.23. The van der Waals surface area contributed by atoms with E-state index in [4.69, 9.17) is 11.6 Å². The molecule has 0 aliphatic heterocycles. The summed E-state index contributed by atoms with van der Waals surface area (Å²) < 4.78 is 40.5. The Kier molecular flexibility index (Phi) is 6.79. The lowest BCUT2D eigenvalue weighted by atomic mass is 10.2. The van der Waals surface area contributed by atoms with Crippen LogP contribution in [0.5, 0.6) is 0 Å². The highest BCUT2D eigenvalue weighted by atomic mass is 79.9. The van der Waals surface area contributed by atoms with Crippen LogP contribution in [0, 0.1) is 5.82 Å². The summed E-state index contributed by atoms with van der Waals surface area (Å²) in [6, 6.07) is 8.07. The van der Waals surface area contributed by atoms with Crippen molar-refractivity contribution in [1.82, 2.24) is 4.31 Å². The van der Waals surface area contributed by atoms with Gasteiger partial charge in [-0.1, -0.05) is 25.4 Å². The number of nitrogens with zero attached hydrogens (tertiary/aromatic N) is 1. The molecule has 5 nitrogen and oxygen atoms in total. The van der Waals surface area contributed by atoms with Crippen LogP contribution in [0.1, 0.15) is 24.2 Å². The van der Waals surface area contributed by atoms with Crippen molar-refractivity contribution in [1.29, 1.82) is 0 Å². The third kappa shape index (κ3) is 4.43. The van der Waals surface area contributed by atoms with Crippen molar-refractivity contribution in [2.45, 2.75) is 18.7 Å². The summed E-state index contributed by atoms with van der Waals surface area (Å²) >= 11 is 8.86. The second-order valence-corrected chi connectivity index (χ2v) is 8.51. The molecule has 0 aliphatic rings. The number of nitrogens with one attached hydrogen (secondary N) is 1. The zero-order valence-corrected chi connectivity index (χ0v) is 17.3. The molecule has 140 valence electrons. The van der Waals surface area contributed by atoms with Gasteiger partial charge in [0.15, 0.2) is 0 Å². The molecule has 0 saturated carbocycles. The Morgan fingerprint density at radius 1 is 1.19 bits per heavy atom. The van der Waals surface area contributed by atoms with Crippen LogP contribution in [0.2, 0.25) is 5.02 Å². The third-order valence-electron chi connectivity index (χ3n) is 3.70. The maximum atomic E-state index is 13.5. The zero-order valence-electron chi connectivity index (χ0n) is 14.1. The SMILES string of the molecule is CCN(CC)S(=O)(=O)c1ccc(Br)c(C(=O)Nc2ccc(Cl)c(F)c2)c1. The van der Waals surface area contributed by atoms with Gasteiger partial charge in [-0.25, -0.2) is 12.8 Å². The average Bonchev–Trinajstić information content (AvgIpc) is 2.59. The number of anilines is 1. The first-order valence-electron chi connectivity index (χ1n) is 7.76. The molecule has 1 N–H and O–H groups in total. The third-order valence-corrected chi connectivity index (χ3v) is 6.75. The fourth-order valence-corrected chi connectivity index (χ4v) is 4.35. The number of hydrogen-bond acceptors (Lipinski definition) is 3. The summed E-state index contributed by atoms with van der Waals surface area (Å²) in [5, 5.41) is 2.47. The standard InChI is InChI=1S/C17H17BrClFN2O3S/c1-3-22(4-2)26(24,25)12-6-7-14(18)13(10-12)17(23)21-11-5-8-15(19)16(20)9-11/h5-10H,3-4H2,1-2H3,(H,21,23). The van der Waals surface area contributed by atoms with Crippen molar-refractivity contribution in [3.05, 3.63) is 57.3 Å². The van der Waals surface area contributed by atoms with Gasteiger partial charge in [0, 0.05) is 23.2 Å². The molecular formula is C17H17BrClFN2O3S. The van der Waals surface area contributed by atoms with Crippen LogP contribution in [0.4, 0.5) is 10.1 Å². The van der Waals surface area contributed by atoms with E-state index in [1.54, 1.807) is 13.8 Å². The fraction of sp³-hybridized carbons (Fsp3) is 0.235. The molecule has 0 aliphatic carbocycles. The van der Waals surface area contributed by atoms with E-state index in [2.05, 4.69) is 21.2 Å². The molecule has 0 bridgehead atoms. The largest absolute Gasteiger partial charge is 0.322 e. The van der Waals surface area contributed by atoms with E-state index in [0.29, 0.717) is 17.6 Å². The zero-order chi connectivity index (χ0) is 19.5. The van der Waals surface area contributed by atoms with Crippen molar-refractivity contribution in [2.24, 2.45) is 0 Å². The molecule has 0 atom stereocenters. The number of benzene rings is 2. The highest BCUT2D eigenvalue weighted by molar-refractivity contribution is 9.10. The summed E-state index contributed by atoms with van der Waals surface area (Å²) in [6.45, 7) is 4.12. The van der Waals surface area contributed by atoms with E-state index < -0.39 is 21.7 Å². The Morgan fingerprint density at radius 2 is 1.85 bits per heavy atom. The van der Waals surface area contributed by atoms with Gasteiger partial charge in [-0.15, -0.1) is 0 Å². The van der Waals surface area contributed by atoms with Gasteiger partial charge >= 0.3 is 0 Å². The highest BCUT2D eigenvalue weighted by Crippen LogP contribution is 2.25. The van der Waals surface area contributed by atoms with Gasteiger partial charge in [0.2, 0.25) is 10.0 Å². The summed E-state index contributed by atoms with van der Waals surface area (Å²) in [7, 11) is -3.70. The predicted octanol–water partition coefficient (Wildman–Crippen LogP) is 4.52.